The van der Waals surface area contributed by atoms with E-state index in [4.69, 9.17) is 9.47 Å². The van der Waals surface area contributed by atoms with Crippen LogP contribution in [0.25, 0.3) is 0 Å². The van der Waals surface area contributed by atoms with Crippen molar-refractivity contribution >= 4 is 11.4 Å². The van der Waals surface area contributed by atoms with E-state index in [9.17, 15) is 20.2 Å². The summed E-state index contributed by atoms with van der Waals surface area (Å²) >= 11 is 0. The van der Waals surface area contributed by atoms with Crippen molar-refractivity contribution in [2.45, 2.75) is 76.0 Å². The minimum absolute atomic E-state index is 0.0550. The summed E-state index contributed by atoms with van der Waals surface area (Å²) in [5.41, 5.74) is -2.23. The van der Waals surface area contributed by atoms with E-state index < -0.39 is 33.3 Å². The molecule has 0 saturated carbocycles. The molecule has 0 N–H and O–H groups in total. The molecule has 4 aliphatic rings. The fourth-order valence-electron chi connectivity index (χ4n) is 6.40. The van der Waals surface area contributed by atoms with Gasteiger partial charge in [0.15, 0.2) is 0 Å². The Kier molecular flexibility index (Phi) is 8.35. The molecule has 0 spiro atoms. The zero-order valence-electron chi connectivity index (χ0n) is 24.3. The molecule has 0 bridgehead atoms. The second kappa shape index (κ2) is 11.5. The van der Waals surface area contributed by atoms with Gasteiger partial charge in [-0.2, -0.15) is 10.2 Å². The standard InChI is InChI=1S/2C13H19FN4O3/c2*1-9-11(18(19)20)5-15-17(9)12-3-4-16(8-13(12,2)14)10-6-21-7-10/h2*5,10,12H,3-4,6-8H2,1-2H3. The van der Waals surface area contributed by atoms with Crippen LogP contribution in [0.3, 0.4) is 0 Å². The first-order valence-corrected chi connectivity index (χ1v) is 14.2. The normalized spacial score (nSPS) is 31.1. The lowest BCUT2D eigenvalue weighted by Gasteiger charge is -2.46. The number of nitrogens with zero attached hydrogens (tertiary/aromatic N) is 8. The van der Waals surface area contributed by atoms with E-state index >= 15 is 8.78 Å². The minimum atomic E-state index is -1.47. The topological polar surface area (TPSA) is 147 Å². The fraction of sp³-hybridized carbons (Fsp3) is 0.769. The van der Waals surface area contributed by atoms with Crippen LogP contribution in [0.5, 0.6) is 0 Å². The monoisotopic (exact) mass is 596 g/mol. The maximum Gasteiger partial charge on any atom is 0.309 e. The van der Waals surface area contributed by atoms with Crippen molar-refractivity contribution in [1.29, 1.82) is 0 Å². The number of likely N-dealkylation sites (tertiary alicyclic amines) is 2. The van der Waals surface area contributed by atoms with Crippen LogP contribution < -0.4 is 0 Å². The first-order chi connectivity index (χ1) is 19.8. The second-order valence-electron chi connectivity index (χ2n) is 12.1. The van der Waals surface area contributed by atoms with E-state index in [1.165, 1.54) is 21.8 Å². The smallest absolute Gasteiger partial charge is 0.309 e. The molecule has 42 heavy (non-hydrogen) atoms. The van der Waals surface area contributed by atoms with Crippen LogP contribution in [0.2, 0.25) is 0 Å². The highest BCUT2D eigenvalue weighted by Crippen LogP contribution is 2.39. The molecule has 4 unspecified atom stereocenters. The average Bonchev–Trinajstić information content (AvgIpc) is 3.39. The van der Waals surface area contributed by atoms with E-state index in [-0.39, 0.29) is 11.4 Å². The van der Waals surface area contributed by atoms with Gasteiger partial charge in [-0.1, -0.05) is 0 Å². The molecule has 4 saturated heterocycles. The SMILES string of the molecule is Cc1c([N+](=O)[O-])cnn1C1CCN(C2COC2)CC1(C)F.Cc1c([N+](=O)[O-])cnn1C1CCN(C2COC2)CC1(C)F. The molecule has 0 aromatic carbocycles. The molecular weight excluding hydrogens is 558 g/mol. The molecule has 4 atom stereocenters. The zero-order chi connectivity index (χ0) is 30.4. The highest BCUT2D eigenvalue weighted by atomic mass is 19.1. The minimum Gasteiger partial charge on any atom is -0.378 e. The molecule has 0 aliphatic carbocycles. The van der Waals surface area contributed by atoms with Gasteiger partial charge in [0.1, 0.15) is 35.1 Å². The Hall–Kier alpha value is -3.08. The number of hydrogen-bond acceptors (Lipinski definition) is 10. The number of nitro groups is 2. The van der Waals surface area contributed by atoms with Crippen LogP contribution in [0.4, 0.5) is 20.2 Å². The van der Waals surface area contributed by atoms with Crippen LogP contribution in [0.15, 0.2) is 12.4 Å². The summed E-state index contributed by atoms with van der Waals surface area (Å²) in [6.07, 6.45) is 3.58. The summed E-state index contributed by atoms with van der Waals surface area (Å²) in [4.78, 5) is 25.1. The highest BCUT2D eigenvalue weighted by molar-refractivity contribution is 5.33. The maximum absolute atomic E-state index is 15.1. The fourth-order valence-corrected chi connectivity index (χ4v) is 6.40. The van der Waals surface area contributed by atoms with Gasteiger partial charge in [0.05, 0.1) is 60.4 Å². The Morgan fingerprint density at radius 3 is 1.38 bits per heavy atom. The van der Waals surface area contributed by atoms with Crippen molar-refractivity contribution in [2.24, 2.45) is 0 Å². The molecule has 6 heterocycles. The van der Waals surface area contributed by atoms with Crippen LogP contribution in [-0.4, -0.2) is 115 Å². The van der Waals surface area contributed by atoms with Crippen LogP contribution in [0.1, 0.15) is 50.2 Å². The van der Waals surface area contributed by atoms with Gasteiger partial charge in [0, 0.05) is 26.2 Å². The zero-order valence-corrected chi connectivity index (χ0v) is 24.3. The summed E-state index contributed by atoms with van der Waals surface area (Å²) in [6.45, 7) is 11.1. The van der Waals surface area contributed by atoms with Gasteiger partial charge in [-0.15, -0.1) is 0 Å². The van der Waals surface area contributed by atoms with E-state index in [1.54, 1.807) is 27.7 Å². The lowest BCUT2D eigenvalue weighted by atomic mass is 9.89. The van der Waals surface area contributed by atoms with Crippen LogP contribution in [-0.2, 0) is 9.47 Å². The number of halogens is 2. The third-order valence-electron chi connectivity index (χ3n) is 9.09. The van der Waals surface area contributed by atoms with Crippen molar-refractivity contribution in [1.82, 2.24) is 29.4 Å². The second-order valence-corrected chi connectivity index (χ2v) is 12.1. The Morgan fingerprint density at radius 2 is 1.14 bits per heavy atom. The number of alkyl halides is 2. The molecule has 4 aliphatic heterocycles. The average molecular weight is 597 g/mol. The number of rotatable bonds is 6. The largest absolute Gasteiger partial charge is 0.378 e. The van der Waals surface area contributed by atoms with Crippen molar-refractivity contribution in [3.8, 4) is 0 Å². The molecular formula is C26H38F2N8O6. The molecule has 0 radical (unpaired) electrons. The Balaban J connectivity index is 0.000000168. The highest BCUT2D eigenvalue weighted by Gasteiger charge is 2.47. The van der Waals surface area contributed by atoms with Gasteiger partial charge >= 0.3 is 11.4 Å². The first-order valence-electron chi connectivity index (χ1n) is 14.2. The number of aromatic nitrogens is 4. The van der Waals surface area contributed by atoms with Crippen molar-refractivity contribution in [3.05, 3.63) is 44.0 Å². The Morgan fingerprint density at radius 1 is 0.786 bits per heavy atom. The quantitative estimate of drug-likeness (QED) is 0.360. The van der Waals surface area contributed by atoms with Crippen molar-refractivity contribution in [3.63, 3.8) is 0 Å². The lowest BCUT2D eigenvalue weighted by molar-refractivity contribution is -0.385. The molecule has 14 nitrogen and oxygen atoms in total. The van der Waals surface area contributed by atoms with E-state index in [0.29, 0.717) is 75.8 Å². The Bertz CT molecular complexity index is 1210. The van der Waals surface area contributed by atoms with Crippen LogP contribution in [0, 0.1) is 34.1 Å². The van der Waals surface area contributed by atoms with E-state index in [1.807, 2.05) is 0 Å². The van der Waals surface area contributed by atoms with E-state index in [2.05, 4.69) is 20.0 Å². The molecule has 2 aromatic rings. The molecule has 16 heteroatoms. The summed E-state index contributed by atoms with van der Waals surface area (Å²) in [5.74, 6) is 0. The van der Waals surface area contributed by atoms with E-state index in [0.717, 1.165) is 13.1 Å². The van der Waals surface area contributed by atoms with Gasteiger partial charge in [0.2, 0.25) is 0 Å². The number of hydrogen-bond donors (Lipinski definition) is 0. The molecule has 6 rings (SSSR count). The van der Waals surface area contributed by atoms with Gasteiger partial charge in [-0.3, -0.25) is 39.4 Å². The summed E-state index contributed by atoms with van der Waals surface area (Å²) in [6, 6.07) is -0.338. The third kappa shape index (κ3) is 5.76. The van der Waals surface area contributed by atoms with Crippen molar-refractivity contribution in [2.75, 3.05) is 52.6 Å². The maximum atomic E-state index is 15.1. The lowest BCUT2D eigenvalue weighted by Crippen LogP contribution is -2.58. The third-order valence-corrected chi connectivity index (χ3v) is 9.09. The van der Waals surface area contributed by atoms with Crippen molar-refractivity contribution < 1.29 is 28.1 Å². The molecule has 4 fully saturated rings. The predicted octanol–water partition coefficient (Wildman–Crippen LogP) is 2.95. The van der Waals surface area contributed by atoms with Crippen LogP contribution >= 0.6 is 0 Å². The summed E-state index contributed by atoms with van der Waals surface area (Å²) in [5, 5.41) is 29.9. The van der Waals surface area contributed by atoms with Gasteiger partial charge < -0.3 is 9.47 Å². The number of piperidine rings is 2. The summed E-state index contributed by atoms with van der Waals surface area (Å²) in [7, 11) is 0. The first kappa shape index (κ1) is 30.4. The number of ether oxygens (including phenoxy) is 2. The summed E-state index contributed by atoms with van der Waals surface area (Å²) < 4.78 is 43.4. The molecule has 232 valence electrons. The molecule has 0 amide bonds. The van der Waals surface area contributed by atoms with Gasteiger partial charge in [-0.25, -0.2) is 8.78 Å². The predicted molar refractivity (Wildman–Crippen MR) is 146 cm³/mol. The Labute approximate surface area is 241 Å². The van der Waals surface area contributed by atoms with Gasteiger partial charge in [0.25, 0.3) is 0 Å². The molecule has 2 aromatic heterocycles. The van der Waals surface area contributed by atoms with Gasteiger partial charge in [-0.05, 0) is 40.5 Å².